The number of hydrogen-bond acceptors (Lipinski definition) is 3. The van der Waals surface area contributed by atoms with Crippen LogP contribution in [-0.2, 0) is 4.79 Å². The molecule has 0 saturated carbocycles. The van der Waals surface area contributed by atoms with Gasteiger partial charge in [-0.05, 0) is 58.7 Å². The van der Waals surface area contributed by atoms with Gasteiger partial charge in [0.25, 0.3) is 0 Å². The van der Waals surface area contributed by atoms with Gasteiger partial charge in [0.05, 0.1) is 5.92 Å². The van der Waals surface area contributed by atoms with Crippen molar-refractivity contribution >= 4 is 12.0 Å². The number of nitrogens with one attached hydrogen (secondary N) is 1. The van der Waals surface area contributed by atoms with Crippen LogP contribution in [0.25, 0.3) is 0 Å². The Morgan fingerprint density at radius 2 is 1.95 bits per heavy atom. The summed E-state index contributed by atoms with van der Waals surface area (Å²) in [5, 5.41) is 12.0. The Morgan fingerprint density at radius 3 is 2.57 bits per heavy atom. The highest BCUT2D eigenvalue weighted by Gasteiger charge is 2.31. The van der Waals surface area contributed by atoms with Crippen molar-refractivity contribution in [3.05, 3.63) is 0 Å². The normalized spacial score (nSPS) is 26.8. The van der Waals surface area contributed by atoms with Gasteiger partial charge in [-0.2, -0.15) is 0 Å². The molecule has 2 atom stereocenters. The number of likely N-dealkylation sites (tertiary alicyclic amines) is 2. The Hall–Kier alpha value is -1.30. The van der Waals surface area contributed by atoms with E-state index in [1.807, 2.05) is 6.92 Å². The van der Waals surface area contributed by atoms with Gasteiger partial charge in [0, 0.05) is 19.1 Å². The molecule has 0 aromatic heterocycles. The maximum atomic E-state index is 12.1. The first-order valence-electron chi connectivity index (χ1n) is 8.07. The maximum absolute atomic E-state index is 12.1. The zero-order valence-electron chi connectivity index (χ0n) is 12.9. The molecule has 6 nitrogen and oxygen atoms in total. The van der Waals surface area contributed by atoms with E-state index in [1.54, 1.807) is 4.90 Å². The van der Waals surface area contributed by atoms with Crippen molar-refractivity contribution < 1.29 is 14.7 Å². The smallest absolute Gasteiger partial charge is 0.317 e. The number of carbonyl (C=O) groups excluding carboxylic acids is 1. The molecule has 0 aromatic rings. The second kappa shape index (κ2) is 7.64. The lowest BCUT2D eigenvalue weighted by molar-refractivity contribution is -0.143. The van der Waals surface area contributed by atoms with Crippen LogP contribution in [0.5, 0.6) is 0 Å². The average molecular weight is 297 g/mol. The number of carboxylic acid groups (broad SMARTS) is 1. The van der Waals surface area contributed by atoms with E-state index in [0.29, 0.717) is 25.9 Å². The van der Waals surface area contributed by atoms with Gasteiger partial charge in [0.15, 0.2) is 0 Å². The van der Waals surface area contributed by atoms with Crippen LogP contribution >= 0.6 is 0 Å². The number of aliphatic carboxylic acids is 1. The van der Waals surface area contributed by atoms with Crippen LogP contribution in [0.3, 0.4) is 0 Å². The van der Waals surface area contributed by atoms with E-state index in [2.05, 4.69) is 10.2 Å². The first-order chi connectivity index (χ1) is 10.1. The molecule has 2 aliphatic heterocycles. The van der Waals surface area contributed by atoms with Gasteiger partial charge in [0.2, 0.25) is 0 Å². The van der Waals surface area contributed by atoms with Crippen LogP contribution in [-0.4, -0.2) is 65.7 Å². The van der Waals surface area contributed by atoms with E-state index in [4.69, 9.17) is 5.11 Å². The lowest BCUT2D eigenvalue weighted by atomic mass is 9.92. The van der Waals surface area contributed by atoms with E-state index in [1.165, 1.54) is 25.9 Å². The predicted molar refractivity (Wildman–Crippen MR) is 80.2 cm³/mol. The number of carboxylic acids is 1. The molecule has 2 fully saturated rings. The summed E-state index contributed by atoms with van der Waals surface area (Å²) in [6.45, 7) is 6.59. The Kier molecular flexibility index (Phi) is 5.85. The van der Waals surface area contributed by atoms with Crippen molar-refractivity contribution in [3.8, 4) is 0 Å². The zero-order chi connectivity index (χ0) is 15.2. The summed E-state index contributed by atoms with van der Waals surface area (Å²) in [4.78, 5) is 27.3. The van der Waals surface area contributed by atoms with Gasteiger partial charge >= 0.3 is 12.0 Å². The summed E-state index contributed by atoms with van der Waals surface area (Å²) in [6.07, 6.45) is 4.67. The number of carbonyl (C=O) groups is 2. The van der Waals surface area contributed by atoms with Crippen molar-refractivity contribution in [1.29, 1.82) is 0 Å². The highest BCUT2D eigenvalue weighted by molar-refractivity contribution is 5.75. The summed E-state index contributed by atoms with van der Waals surface area (Å²) < 4.78 is 0. The van der Waals surface area contributed by atoms with Crippen LogP contribution in [0.15, 0.2) is 0 Å². The van der Waals surface area contributed by atoms with E-state index in [-0.39, 0.29) is 18.0 Å². The molecule has 2 N–H and O–H groups in total. The summed E-state index contributed by atoms with van der Waals surface area (Å²) in [7, 11) is 0. The molecule has 2 aliphatic rings. The molecular formula is C15H27N3O3. The topological polar surface area (TPSA) is 72.9 Å². The van der Waals surface area contributed by atoms with Crippen molar-refractivity contribution in [2.75, 3.05) is 32.7 Å². The number of hydrogen-bond donors (Lipinski definition) is 2. The Balaban J connectivity index is 1.65. The van der Waals surface area contributed by atoms with Crippen LogP contribution in [0, 0.1) is 5.92 Å². The molecule has 0 aromatic carbocycles. The standard InChI is InChI=1S/C15H27N3O3/c1-12-11-13(14(19)20)5-10-18(12)15(21)16-6-4-9-17-7-2-3-8-17/h12-13H,2-11H2,1H3,(H,16,21)(H,19,20). The van der Waals surface area contributed by atoms with Gasteiger partial charge in [-0.3, -0.25) is 4.79 Å². The lowest BCUT2D eigenvalue weighted by Crippen LogP contribution is -2.50. The summed E-state index contributed by atoms with van der Waals surface area (Å²) >= 11 is 0. The predicted octanol–water partition coefficient (Wildman–Crippen LogP) is 1.37. The molecule has 6 heteroatoms. The third-order valence-corrected chi connectivity index (χ3v) is 4.61. The van der Waals surface area contributed by atoms with Crippen LogP contribution in [0.1, 0.15) is 39.0 Å². The minimum Gasteiger partial charge on any atom is -0.481 e. The second-order valence-corrected chi connectivity index (χ2v) is 6.24. The summed E-state index contributed by atoms with van der Waals surface area (Å²) in [5.41, 5.74) is 0. The quantitative estimate of drug-likeness (QED) is 0.752. The minimum atomic E-state index is -0.743. The molecule has 2 amide bonds. The number of urea groups is 1. The van der Waals surface area contributed by atoms with Crippen molar-refractivity contribution in [3.63, 3.8) is 0 Å². The van der Waals surface area contributed by atoms with E-state index in [9.17, 15) is 9.59 Å². The van der Waals surface area contributed by atoms with Gasteiger partial charge in [-0.1, -0.05) is 0 Å². The lowest BCUT2D eigenvalue weighted by Gasteiger charge is -2.36. The van der Waals surface area contributed by atoms with Gasteiger partial charge in [-0.25, -0.2) is 4.79 Å². The number of piperidine rings is 1. The first-order valence-corrected chi connectivity index (χ1v) is 8.07. The first kappa shape index (κ1) is 16.1. The van der Waals surface area contributed by atoms with E-state index in [0.717, 1.165) is 13.0 Å². The number of amides is 2. The van der Waals surface area contributed by atoms with Gasteiger partial charge < -0.3 is 20.2 Å². The highest BCUT2D eigenvalue weighted by Crippen LogP contribution is 2.22. The zero-order valence-corrected chi connectivity index (χ0v) is 12.9. The second-order valence-electron chi connectivity index (χ2n) is 6.24. The molecule has 120 valence electrons. The Bertz CT molecular complexity index is 369. The van der Waals surface area contributed by atoms with Gasteiger partial charge in [0.1, 0.15) is 0 Å². The van der Waals surface area contributed by atoms with E-state index >= 15 is 0 Å². The van der Waals surface area contributed by atoms with Gasteiger partial charge in [-0.15, -0.1) is 0 Å². The van der Waals surface area contributed by atoms with Crippen LogP contribution in [0.4, 0.5) is 4.79 Å². The number of nitrogens with zero attached hydrogens (tertiary/aromatic N) is 2. The molecule has 21 heavy (non-hydrogen) atoms. The van der Waals surface area contributed by atoms with Crippen molar-refractivity contribution in [2.45, 2.75) is 45.1 Å². The molecule has 2 heterocycles. The van der Waals surface area contributed by atoms with E-state index < -0.39 is 5.97 Å². The van der Waals surface area contributed by atoms with Crippen molar-refractivity contribution in [2.24, 2.45) is 5.92 Å². The molecular weight excluding hydrogens is 270 g/mol. The molecule has 2 rings (SSSR count). The number of rotatable bonds is 5. The fourth-order valence-corrected chi connectivity index (χ4v) is 3.30. The highest BCUT2D eigenvalue weighted by atomic mass is 16.4. The SMILES string of the molecule is CC1CC(C(=O)O)CCN1C(=O)NCCCN1CCCC1. The fraction of sp³-hybridized carbons (Fsp3) is 0.867. The van der Waals surface area contributed by atoms with Crippen molar-refractivity contribution in [1.82, 2.24) is 15.1 Å². The third kappa shape index (κ3) is 4.59. The molecule has 0 radical (unpaired) electrons. The third-order valence-electron chi connectivity index (χ3n) is 4.61. The Morgan fingerprint density at radius 1 is 1.24 bits per heavy atom. The molecule has 2 unspecified atom stereocenters. The summed E-state index contributed by atoms with van der Waals surface area (Å²) in [6, 6.07) is -0.0498. The van der Waals surface area contributed by atoms with Crippen LogP contribution < -0.4 is 5.32 Å². The minimum absolute atomic E-state index is 0.00145. The fourth-order valence-electron chi connectivity index (χ4n) is 3.30. The maximum Gasteiger partial charge on any atom is 0.317 e. The molecule has 2 saturated heterocycles. The summed E-state index contributed by atoms with van der Waals surface area (Å²) in [5.74, 6) is -1.05. The monoisotopic (exact) mass is 297 g/mol. The van der Waals surface area contributed by atoms with Crippen LogP contribution in [0.2, 0.25) is 0 Å². The Labute approximate surface area is 126 Å². The average Bonchev–Trinajstić information content (AvgIpc) is 2.96. The molecule has 0 aliphatic carbocycles. The molecule has 0 spiro atoms. The largest absolute Gasteiger partial charge is 0.481 e. The molecule has 0 bridgehead atoms.